The summed E-state index contributed by atoms with van der Waals surface area (Å²) < 4.78 is 11.8. The molecule has 27 heavy (non-hydrogen) atoms. The fourth-order valence-electron chi connectivity index (χ4n) is 2.88. The number of benzene rings is 2. The Morgan fingerprint density at radius 3 is 2.63 bits per heavy atom. The fourth-order valence-corrected chi connectivity index (χ4v) is 2.88. The molecule has 7 heteroatoms. The summed E-state index contributed by atoms with van der Waals surface area (Å²) in [5.74, 6) is -0.441. The van der Waals surface area contributed by atoms with Gasteiger partial charge < -0.3 is 14.0 Å². The topological polar surface area (TPSA) is 83.6 Å². The first-order valence-electron chi connectivity index (χ1n) is 8.18. The van der Waals surface area contributed by atoms with E-state index in [4.69, 9.17) is 9.47 Å². The van der Waals surface area contributed by atoms with Gasteiger partial charge in [-0.3, -0.25) is 10.1 Å². The third kappa shape index (κ3) is 3.82. The van der Waals surface area contributed by atoms with Crippen LogP contribution < -0.4 is 0 Å². The molecule has 0 fully saturated rings. The molecule has 2 aromatic carbocycles. The zero-order valence-electron chi connectivity index (χ0n) is 14.9. The standard InChI is InChI=1S/C20H18N2O5/c1-26-19(20(23)27-2)12-14-5-3-4-6-16(14)13-21-10-9-15-11-17(22(24)25)7-8-18(15)21/h3-12H,13H2,1-2H3. The molecule has 0 radical (unpaired) electrons. The van der Waals surface area contributed by atoms with Crippen molar-refractivity contribution in [1.29, 1.82) is 0 Å². The van der Waals surface area contributed by atoms with Gasteiger partial charge in [0.05, 0.1) is 19.1 Å². The van der Waals surface area contributed by atoms with Crippen molar-refractivity contribution < 1.29 is 19.2 Å². The summed E-state index contributed by atoms with van der Waals surface area (Å²) >= 11 is 0. The summed E-state index contributed by atoms with van der Waals surface area (Å²) in [6, 6.07) is 14.2. The number of carbonyl (C=O) groups excluding carboxylic acids is 1. The van der Waals surface area contributed by atoms with Crippen LogP contribution in [0, 0.1) is 10.1 Å². The number of hydrogen-bond donors (Lipinski definition) is 0. The zero-order valence-corrected chi connectivity index (χ0v) is 14.9. The van der Waals surface area contributed by atoms with Crippen molar-refractivity contribution >= 4 is 28.6 Å². The molecule has 138 valence electrons. The molecule has 1 heterocycles. The van der Waals surface area contributed by atoms with E-state index in [1.165, 1.54) is 20.3 Å². The Labute approximate surface area is 155 Å². The summed E-state index contributed by atoms with van der Waals surface area (Å²) in [6.07, 6.45) is 3.52. The van der Waals surface area contributed by atoms with Crippen LogP contribution in [-0.4, -0.2) is 29.7 Å². The van der Waals surface area contributed by atoms with Crippen LogP contribution in [0.2, 0.25) is 0 Å². The van der Waals surface area contributed by atoms with E-state index in [1.54, 1.807) is 18.2 Å². The molecule has 7 nitrogen and oxygen atoms in total. The van der Waals surface area contributed by atoms with Gasteiger partial charge in [-0.15, -0.1) is 0 Å². The van der Waals surface area contributed by atoms with Crippen LogP contribution in [0.5, 0.6) is 0 Å². The molecular weight excluding hydrogens is 348 g/mol. The van der Waals surface area contributed by atoms with E-state index in [-0.39, 0.29) is 11.4 Å². The van der Waals surface area contributed by atoms with Crippen molar-refractivity contribution in [3.8, 4) is 0 Å². The highest BCUT2D eigenvalue weighted by molar-refractivity contribution is 5.91. The van der Waals surface area contributed by atoms with Crippen molar-refractivity contribution in [3.05, 3.63) is 81.7 Å². The molecule has 0 spiro atoms. The Morgan fingerprint density at radius 1 is 1.15 bits per heavy atom. The number of ether oxygens (including phenoxy) is 2. The van der Waals surface area contributed by atoms with E-state index >= 15 is 0 Å². The lowest BCUT2D eigenvalue weighted by Crippen LogP contribution is -2.07. The highest BCUT2D eigenvalue weighted by Gasteiger charge is 2.13. The van der Waals surface area contributed by atoms with Crippen LogP contribution in [0.25, 0.3) is 17.0 Å². The number of methoxy groups -OCH3 is 2. The van der Waals surface area contributed by atoms with Gasteiger partial charge in [0, 0.05) is 35.8 Å². The van der Waals surface area contributed by atoms with Crippen LogP contribution in [0.15, 0.2) is 60.5 Å². The van der Waals surface area contributed by atoms with Gasteiger partial charge >= 0.3 is 5.97 Å². The maximum atomic E-state index is 11.8. The molecule has 0 aliphatic heterocycles. The SMILES string of the molecule is COC(=O)C(=Cc1ccccc1Cn1ccc2cc([N+](=O)[O-])ccc21)OC. The first-order chi connectivity index (χ1) is 13.0. The van der Waals surface area contributed by atoms with Crippen molar-refractivity contribution in [1.82, 2.24) is 4.57 Å². The molecule has 0 saturated carbocycles. The third-order valence-electron chi connectivity index (χ3n) is 4.25. The Kier molecular flexibility index (Phi) is 5.21. The monoisotopic (exact) mass is 366 g/mol. The highest BCUT2D eigenvalue weighted by Crippen LogP contribution is 2.24. The quantitative estimate of drug-likeness (QED) is 0.218. The summed E-state index contributed by atoms with van der Waals surface area (Å²) in [5.41, 5.74) is 2.74. The normalized spacial score (nSPS) is 11.4. The lowest BCUT2D eigenvalue weighted by atomic mass is 10.1. The maximum absolute atomic E-state index is 11.8. The van der Waals surface area contributed by atoms with Crippen LogP contribution >= 0.6 is 0 Å². The molecule has 0 aliphatic rings. The molecule has 0 N–H and O–H groups in total. The molecule has 3 aromatic rings. The minimum absolute atomic E-state index is 0.0615. The molecule has 0 amide bonds. The predicted octanol–water partition coefficient (Wildman–Crippen LogP) is 3.76. The first kappa shape index (κ1) is 18.2. The third-order valence-corrected chi connectivity index (χ3v) is 4.25. The lowest BCUT2D eigenvalue weighted by Gasteiger charge is -2.10. The van der Waals surface area contributed by atoms with Crippen LogP contribution in [0.4, 0.5) is 5.69 Å². The number of fused-ring (bicyclic) bond motifs is 1. The zero-order chi connectivity index (χ0) is 19.4. The van der Waals surface area contributed by atoms with Crippen molar-refractivity contribution in [2.75, 3.05) is 14.2 Å². The Hall–Kier alpha value is -3.61. The van der Waals surface area contributed by atoms with Gasteiger partial charge in [0.25, 0.3) is 5.69 Å². The second kappa shape index (κ2) is 7.74. The minimum atomic E-state index is -0.550. The second-order valence-corrected chi connectivity index (χ2v) is 5.85. The number of rotatable bonds is 6. The number of nitrogens with zero attached hydrogens (tertiary/aromatic N) is 2. The Balaban J connectivity index is 1.97. The predicted molar refractivity (Wildman–Crippen MR) is 101 cm³/mol. The number of non-ortho nitro benzene ring substituents is 1. The van der Waals surface area contributed by atoms with Gasteiger partial charge in [-0.1, -0.05) is 24.3 Å². The van der Waals surface area contributed by atoms with Crippen LogP contribution in [0.3, 0.4) is 0 Å². The molecule has 1 aromatic heterocycles. The average Bonchev–Trinajstić information content (AvgIpc) is 3.08. The average molecular weight is 366 g/mol. The number of esters is 1. The van der Waals surface area contributed by atoms with E-state index < -0.39 is 10.9 Å². The molecule has 3 rings (SSSR count). The van der Waals surface area contributed by atoms with Gasteiger partial charge in [-0.2, -0.15) is 0 Å². The van der Waals surface area contributed by atoms with Gasteiger partial charge in [-0.05, 0) is 29.3 Å². The van der Waals surface area contributed by atoms with Crippen molar-refractivity contribution in [2.45, 2.75) is 6.54 Å². The van der Waals surface area contributed by atoms with E-state index in [2.05, 4.69) is 0 Å². The minimum Gasteiger partial charge on any atom is -0.490 e. The molecular formula is C20H18N2O5. The molecule has 0 bridgehead atoms. The maximum Gasteiger partial charge on any atom is 0.373 e. The number of aromatic nitrogens is 1. The smallest absolute Gasteiger partial charge is 0.373 e. The van der Waals surface area contributed by atoms with Gasteiger partial charge in [0.15, 0.2) is 0 Å². The van der Waals surface area contributed by atoms with E-state index in [1.807, 2.05) is 41.1 Å². The summed E-state index contributed by atoms with van der Waals surface area (Å²) in [5, 5.41) is 11.7. The summed E-state index contributed by atoms with van der Waals surface area (Å²) in [7, 11) is 2.71. The van der Waals surface area contributed by atoms with E-state index in [0.717, 1.165) is 22.0 Å². The van der Waals surface area contributed by atoms with Gasteiger partial charge in [0.2, 0.25) is 5.76 Å². The van der Waals surface area contributed by atoms with Gasteiger partial charge in [-0.25, -0.2) is 4.79 Å². The lowest BCUT2D eigenvalue weighted by molar-refractivity contribution is -0.384. The largest absolute Gasteiger partial charge is 0.490 e. The molecule has 0 aliphatic carbocycles. The highest BCUT2D eigenvalue weighted by atomic mass is 16.6. The molecule has 0 atom stereocenters. The number of carbonyl (C=O) groups is 1. The van der Waals surface area contributed by atoms with E-state index in [9.17, 15) is 14.9 Å². The van der Waals surface area contributed by atoms with Crippen molar-refractivity contribution in [3.63, 3.8) is 0 Å². The molecule has 0 saturated heterocycles. The summed E-state index contributed by atoms with van der Waals surface area (Å²) in [4.78, 5) is 22.3. The number of hydrogen-bond acceptors (Lipinski definition) is 5. The Bertz CT molecular complexity index is 1040. The van der Waals surface area contributed by atoms with E-state index in [0.29, 0.717) is 6.54 Å². The Morgan fingerprint density at radius 2 is 1.93 bits per heavy atom. The molecule has 0 unspecified atom stereocenters. The van der Waals surface area contributed by atoms with Crippen molar-refractivity contribution in [2.24, 2.45) is 0 Å². The van der Waals surface area contributed by atoms with Crippen LogP contribution in [-0.2, 0) is 20.8 Å². The number of nitro benzene ring substituents is 1. The first-order valence-corrected chi connectivity index (χ1v) is 8.18. The van der Waals surface area contributed by atoms with Crippen LogP contribution in [0.1, 0.15) is 11.1 Å². The van der Waals surface area contributed by atoms with Gasteiger partial charge in [0.1, 0.15) is 0 Å². The summed E-state index contributed by atoms with van der Waals surface area (Å²) in [6.45, 7) is 0.534. The second-order valence-electron chi connectivity index (χ2n) is 5.85. The number of nitro groups is 1. The fraction of sp³-hybridized carbons (Fsp3) is 0.150.